The van der Waals surface area contributed by atoms with Gasteiger partial charge in [0.25, 0.3) is 7.82 Å². The van der Waals surface area contributed by atoms with Crippen molar-refractivity contribution in [3.8, 4) is 0 Å². The van der Waals surface area contributed by atoms with Crippen LogP contribution >= 0.6 is 7.82 Å². The van der Waals surface area contributed by atoms with Crippen LogP contribution in [-0.2, 0) is 14.2 Å². The van der Waals surface area contributed by atoms with Crippen molar-refractivity contribution in [3.05, 3.63) is 23.8 Å². The predicted molar refractivity (Wildman–Crippen MR) is 112 cm³/mol. The normalized spacial score (nSPS) is 45.0. The summed E-state index contributed by atoms with van der Waals surface area (Å²) >= 11 is 0. The van der Waals surface area contributed by atoms with Gasteiger partial charge in [-0.05, 0) is 56.6 Å². The number of halogens is 1. The molecular formula is C22H31FNaO9P. The third-order valence-electron chi connectivity index (χ3n) is 8.79. The Kier molecular flexibility index (Phi) is 8.43. The third kappa shape index (κ3) is 4.28. The molecule has 34 heavy (non-hydrogen) atoms. The summed E-state index contributed by atoms with van der Waals surface area (Å²) in [4.78, 5) is 47.3. The van der Waals surface area contributed by atoms with Gasteiger partial charge in [0, 0.05) is 16.7 Å². The topological polar surface area (TPSA) is 175 Å². The second-order valence-electron chi connectivity index (χ2n) is 10.2. The maximum atomic E-state index is 16.9. The van der Waals surface area contributed by atoms with Crippen LogP contribution in [0.15, 0.2) is 23.8 Å². The number of ketones is 2. The molecule has 0 aromatic heterocycles. The summed E-state index contributed by atoms with van der Waals surface area (Å²) in [5, 5.41) is 32.0. The van der Waals surface area contributed by atoms with E-state index >= 15 is 4.39 Å². The van der Waals surface area contributed by atoms with Gasteiger partial charge in [0.15, 0.2) is 17.2 Å². The molecule has 0 amide bonds. The molecule has 0 spiro atoms. The average molecular weight is 512 g/mol. The monoisotopic (exact) mass is 512 g/mol. The van der Waals surface area contributed by atoms with Crippen LogP contribution in [0.1, 0.15) is 46.5 Å². The summed E-state index contributed by atoms with van der Waals surface area (Å²) in [5.74, 6) is -2.12. The fraction of sp³-hybridized carbons (Fsp3) is 0.727. The molecule has 8 atom stereocenters. The number of fused-ring (bicyclic) bond motifs is 5. The van der Waals surface area contributed by atoms with Gasteiger partial charge in [-0.25, -0.2) is 4.39 Å². The first-order valence-corrected chi connectivity index (χ1v) is 12.4. The zero-order chi connectivity index (χ0) is 25.2. The number of aliphatic hydroxyl groups excluding tert-OH is 2. The molecule has 186 valence electrons. The molecule has 12 heteroatoms. The van der Waals surface area contributed by atoms with Gasteiger partial charge in [0.05, 0.1) is 6.10 Å². The van der Waals surface area contributed by atoms with Gasteiger partial charge in [0.2, 0.25) is 0 Å². The Morgan fingerprint density at radius 1 is 1.29 bits per heavy atom. The van der Waals surface area contributed by atoms with Crippen LogP contribution in [0.4, 0.5) is 4.39 Å². The van der Waals surface area contributed by atoms with E-state index < -0.39 is 60.3 Å². The van der Waals surface area contributed by atoms with Crippen molar-refractivity contribution in [1.82, 2.24) is 0 Å². The number of aliphatic hydroxyl groups is 3. The van der Waals surface area contributed by atoms with E-state index in [9.17, 15) is 24.9 Å². The molecule has 0 aromatic rings. The van der Waals surface area contributed by atoms with Crippen molar-refractivity contribution in [1.29, 1.82) is 0 Å². The van der Waals surface area contributed by atoms with Crippen LogP contribution in [0.5, 0.6) is 0 Å². The van der Waals surface area contributed by atoms with Gasteiger partial charge in [-0.2, -0.15) is 0 Å². The summed E-state index contributed by atoms with van der Waals surface area (Å²) in [5.41, 5.74) is -5.17. The van der Waals surface area contributed by atoms with E-state index in [1.54, 1.807) is 26.8 Å². The molecule has 0 heterocycles. The molecule has 0 saturated heterocycles. The molecule has 3 fully saturated rings. The Bertz CT molecular complexity index is 958. The summed E-state index contributed by atoms with van der Waals surface area (Å²) in [6.45, 7) is 4.48. The molecule has 1 unspecified atom stereocenters. The largest absolute Gasteiger partial charge is 1.00 e. The zero-order valence-corrected chi connectivity index (χ0v) is 22.7. The standard InChI is InChI=1S/C22H29FO5.Na.H3O4P/c1-12-8-16-15-5-4-13-9-14(25)6-7-19(13,2)21(15,23)17(26)10-20(16,3)22(12,28)18(27)11-24;;1-5(2,3)4/h6-7,9,12,15-17,24,26,28H,4-5,8,10-11H2,1-3H3;;(H3,1,2,3,4)/q;+1;/p-1/t12-,15-,16?,17+,19+,20+,21+,22+;;/m1../s1. The fourth-order valence-electron chi connectivity index (χ4n) is 7.26. The van der Waals surface area contributed by atoms with Crippen molar-refractivity contribution in [2.75, 3.05) is 6.61 Å². The van der Waals surface area contributed by atoms with E-state index in [-0.39, 0.29) is 47.7 Å². The Labute approximate surface area is 219 Å². The molecule has 0 aliphatic heterocycles. The van der Waals surface area contributed by atoms with Crippen molar-refractivity contribution < 1.29 is 78.1 Å². The summed E-state index contributed by atoms with van der Waals surface area (Å²) in [6, 6.07) is 0. The van der Waals surface area contributed by atoms with E-state index in [0.717, 1.165) is 0 Å². The Morgan fingerprint density at radius 2 is 1.85 bits per heavy atom. The number of phosphoric acid groups is 1. The van der Waals surface area contributed by atoms with Crippen LogP contribution in [0, 0.1) is 28.6 Å². The van der Waals surface area contributed by atoms with Crippen LogP contribution in [0.2, 0.25) is 0 Å². The van der Waals surface area contributed by atoms with Crippen LogP contribution in [0.25, 0.3) is 0 Å². The maximum Gasteiger partial charge on any atom is 1.00 e. The predicted octanol–water partition coefficient (Wildman–Crippen LogP) is -2.66. The second-order valence-corrected chi connectivity index (χ2v) is 11.2. The molecule has 5 N–H and O–H groups in total. The number of rotatable bonds is 2. The van der Waals surface area contributed by atoms with Gasteiger partial charge in [-0.1, -0.05) is 25.5 Å². The smallest absolute Gasteiger partial charge is 0.756 e. The van der Waals surface area contributed by atoms with E-state index in [1.807, 2.05) is 0 Å². The molecule has 0 bridgehead atoms. The van der Waals surface area contributed by atoms with Gasteiger partial charge in [-0.15, -0.1) is 0 Å². The van der Waals surface area contributed by atoms with Crippen LogP contribution < -0.4 is 34.5 Å². The molecule has 4 rings (SSSR count). The minimum atomic E-state index is -4.89. The van der Waals surface area contributed by atoms with Crippen molar-refractivity contribution in [3.63, 3.8) is 0 Å². The first kappa shape index (κ1) is 30.0. The number of carbonyl (C=O) groups excluding carboxylic acids is 2. The van der Waals surface area contributed by atoms with Gasteiger partial charge in [0.1, 0.15) is 12.2 Å². The molecule has 9 nitrogen and oxygen atoms in total. The minimum absolute atomic E-state index is 0. The number of carbonyl (C=O) groups is 2. The Morgan fingerprint density at radius 3 is 2.38 bits per heavy atom. The summed E-state index contributed by atoms with van der Waals surface area (Å²) in [7, 11) is -4.89. The quantitative estimate of drug-likeness (QED) is 0.195. The van der Waals surface area contributed by atoms with E-state index in [1.165, 1.54) is 12.2 Å². The first-order chi connectivity index (χ1) is 15.0. The number of hydrogen-bond donors (Lipinski definition) is 5. The summed E-state index contributed by atoms with van der Waals surface area (Å²) in [6.07, 6.45) is 4.44. The molecule has 4 aliphatic rings. The zero-order valence-electron chi connectivity index (χ0n) is 19.8. The SMILES string of the molecule is C[C@@H]1CC2[C@H]3CCC4=CC(=O)C=C[C@]4(C)[C@@]3(F)[C@@H](O)C[C@]2(C)[C@@]1(O)C(=O)CO.O=P([O-])(O)O.[Na+]. The van der Waals surface area contributed by atoms with Gasteiger partial charge < -0.3 is 30.0 Å². The number of alkyl halides is 1. The number of Topliss-reactive ketones (excluding diaryl/α,β-unsaturated/α-hetero) is 1. The molecular weight excluding hydrogens is 481 g/mol. The second kappa shape index (κ2) is 9.56. The Balaban J connectivity index is 0.000000619. The van der Waals surface area contributed by atoms with Crippen LogP contribution in [-0.4, -0.2) is 60.7 Å². The van der Waals surface area contributed by atoms with E-state index in [0.29, 0.717) is 24.8 Å². The van der Waals surface area contributed by atoms with Crippen molar-refractivity contribution in [2.45, 2.75) is 63.8 Å². The van der Waals surface area contributed by atoms with E-state index in [4.69, 9.17) is 19.2 Å². The van der Waals surface area contributed by atoms with Crippen molar-refractivity contribution in [2.24, 2.45) is 28.6 Å². The molecule has 0 aromatic carbocycles. The number of hydrogen-bond acceptors (Lipinski definition) is 7. The molecule has 0 radical (unpaired) electrons. The van der Waals surface area contributed by atoms with Gasteiger partial charge in [-0.3, -0.25) is 14.2 Å². The average Bonchev–Trinajstić information content (AvgIpc) is 2.89. The van der Waals surface area contributed by atoms with Crippen LogP contribution in [0.3, 0.4) is 0 Å². The first-order valence-electron chi connectivity index (χ1n) is 10.9. The Hall–Kier alpha value is -0.260. The third-order valence-corrected chi connectivity index (χ3v) is 8.79. The summed E-state index contributed by atoms with van der Waals surface area (Å²) < 4.78 is 25.6. The fourth-order valence-corrected chi connectivity index (χ4v) is 7.26. The van der Waals surface area contributed by atoms with Gasteiger partial charge >= 0.3 is 29.6 Å². The number of allylic oxidation sites excluding steroid dienone is 4. The molecule has 4 aliphatic carbocycles. The van der Waals surface area contributed by atoms with Crippen molar-refractivity contribution >= 4 is 19.4 Å². The maximum absolute atomic E-state index is 16.9. The minimum Gasteiger partial charge on any atom is -0.756 e. The molecule has 3 saturated carbocycles. The van der Waals surface area contributed by atoms with E-state index in [2.05, 4.69) is 0 Å².